The van der Waals surface area contributed by atoms with Crippen LogP contribution >= 0.6 is 0 Å². The molecule has 0 amide bonds. The van der Waals surface area contributed by atoms with Gasteiger partial charge in [0.15, 0.2) is 0 Å². The fourth-order valence-corrected chi connectivity index (χ4v) is 1.15. The lowest BCUT2D eigenvalue weighted by Crippen LogP contribution is -2.08. The number of rotatable bonds is 5. The number of hydrogen-bond donors (Lipinski definition) is 0. The van der Waals surface area contributed by atoms with Gasteiger partial charge in [-0.3, -0.25) is 0 Å². The van der Waals surface area contributed by atoms with E-state index in [2.05, 4.69) is 16.8 Å². The highest BCUT2D eigenvalue weighted by Crippen LogP contribution is 2.13. The molecule has 0 aromatic rings. The summed E-state index contributed by atoms with van der Waals surface area (Å²) in [4.78, 5) is 9.40. The van der Waals surface area contributed by atoms with Crippen molar-refractivity contribution in [2.24, 2.45) is 0 Å². The first-order valence-electron chi connectivity index (χ1n) is 4.38. The zero-order valence-electron chi connectivity index (χ0n) is 7.04. The van der Waals surface area contributed by atoms with E-state index in [-0.39, 0.29) is 6.10 Å². The molecule has 3 nitrogen and oxygen atoms in total. The van der Waals surface area contributed by atoms with Crippen LogP contribution in [0.5, 0.6) is 0 Å². The van der Waals surface area contributed by atoms with Crippen LogP contribution in [-0.4, -0.2) is 12.7 Å². The van der Waals surface area contributed by atoms with E-state index in [0.717, 1.165) is 6.42 Å². The quantitative estimate of drug-likeness (QED) is 0.456. The predicted octanol–water partition coefficient (Wildman–Crippen LogP) is 2.22. The summed E-state index contributed by atoms with van der Waals surface area (Å²) in [5.41, 5.74) is 0. The highest BCUT2D eigenvalue weighted by molar-refractivity contribution is 4.55. The van der Waals surface area contributed by atoms with Crippen LogP contribution in [-0.2, 0) is 14.8 Å². The summed E-state index contributed by atoms with van der Waals surface area (Å²) < 4.78 is 0. The molecule has 1 unspecified atom stereocenters. The molecule has 3 heteroatoms. The Hall–Kier alpha value is -0.120. The zero-order valence-corrected chi connectivity index (χ0v) is 7.04. The lowest BCUT2D eigenvalue weighted by molar-refractivity contribution is -0.460. The van der Waals surface area contributed by atoms with Crippen LogP contribution in [0.15, 0.2) is 0 Å². The molecule has 1 aliphatic rings. The van der Waals surface area contributed by atoms with Crippen molar-refractivity contribution < 1.29 is 14.8 Å². The molecular formula is C8H16O3. The van der Waals surface area contributed by atoms with Crippen LogP contribution in [0, 0.1) is 0 Å². The summed E-state index contributed by atoms with van der Waals surface area (Å²) in [6, 6.07) is 0. The zero-order chi connectivity index (χ0) is 7.94. The number of unbranched alkanes of at least 4 members (excludes halogenated alkanes) is 3. The third-order valence-electron chi connectivity index (χ3n) is 1.86. The van der Waals surface area contributed by atoms with Gasteiger partial charge >= 0.3 is 0 Å². The van der Waals surface area contributed by atoms with E-state index in [9.17, 15) is 0 Å². The molecule has 11 heavy (non-hydrogen) atoms. The molecule has 1 fully saturated rings. The Labute approximate surface area is 67.5 Å². The summed E-state index contributed by atoms with van der Waals surface area (Å²) in [7, 11) is 0. The molecule has 66 valence electrons. The Balaban J connectivity index is 1.86. The standard InChI is InChI=1S/C8H16O3/c1-2-3-4-5-6-8-7-9-11-10-8/h8H,2-7H2,1H3. The second kappa shape index (κ2) is 5.52. The van der Waals surface area contributed by atoms with E-state index in [0.29, 0.717) is 6.61 Å². The minimum atomic E-state index is 0.173. The van der Waals surface area contributed by atoms with Crippen molar-refractivity contribution >= 4 is 0 Å². The monoisotopic (exact) mass is 160 g/mol. The van der Waals surface area contributed by atoms with E-state index < -0.39 is 0 Å². The first-order valence-corrected chi connectivity index (χ1v) is 4.38. The maximum Gasteiger partial charge on any atom is 0.123 e. The summed E-state index contributed by atoms with van der Waals surface area (Å²) >= 11 is 0. The fraction of sp³-hybridized carbons (Fsp3) is 1.00. The Morgan fingerprint density at radius 2 is 2.18 bits per heavy atom. The van der Waals surface area contributed by atoms with Crippen molar-refractivity contribution in [1.82, 2.24) is 0 Å². The molecule has 1 saturated heterocycles. The average Bonchev–Trinajstić information content (AvgIpc) is 2.50. The van der Waals surface area contributed by atoms with Crippen molar-refractivity contribution in [3.63, 3.8) is 0 Å². The van der Waals surface area contributed by atoms with E-state index in [1.165, 1.54) is 25.7 Å². The second-order valence-corrected chi connectivity index (χ2v) is 2.92. The summed E-state index contributed by atoms with van der Waals surface area (Å²) in [6.07, 6.45) is 6.32. The molecule has 1 aliphatic heterocycles. The van der Waals surface area contributed by atoms with Gasteiger partial charge < -0.3 is 0 Å². The van der Waals surface area contributed by atoms with E-state index >= 15 is 0 Å². The molecule has 1 heterocycles. The second-order valence-electron chi connectivity index (χ2n) is 2.92. The van der Waals surface area contributed by atoms with Crippen LogP contribution < -0.4 is 0 Å². The van der Waals surface area contributed by atoms with Crippen molar-refractivity contribution in [3.05, 3.63) is 0 Å². The molecule has 0 aromatic heterocycles. The van der Waals surface area contributed by atoms with Crippen molar-refractivity contribution in [1.29, 1.82) is 0 Å². The van der Waals surface area contributed by atoms with E-state index in [4.69, 9.17) is 4.89 Å². The maximum atomic E-state index is 4.81. The molecular weight excluding hydrogens is 144 g/mol. The van der Waals surface area contributed by atoms with Gasteiger partial charge in [-0.15, -0.1) is 0 Å². The molecule has 1 atom stereocenters. The van der Waals surface area contributed by atoms with Gasteiger partial charge in [0.05, 0.1) is 0 Å². The van der Waals surface area contributed by atoms with Gasteiger partial charge in [-0.2, -0.15) is 0 Å². The van der Waals surface area contributed by atoms with Crippen LogP contribution in [0.25, 0.3) is 0 Å². The van der Waals surface area contributed by atoms with Crippen LogP contribution in [0.4, 0.5) is 0 Å². The van der Waals surface area contributed by atoms with Gasteiger partial charge in [-0.05, 0) is 6.42 Å². The van der Waals surface area contributed by atoms with Crippen LogP contribution in [0.1, 0.15) is 39.0 Å². The normalized spacial score (nSPS) is 24.3. The van der Waals surface area contributed by atoms with Gasteiger partial charge in [-0.25, -0.2) is 9.78 Å². The Morgan fingerprint density at radius 1 is 1.27 bits per heavy atom. The highest BCUT2D eigenvalue weighted by atomic mass is 17.5. The van der Waals surface area contributed by atoms with Gasteiger partial charge in [0, 0.05) is 0 Å². The molecule has 0 bridgehead atoms. The SMILES string of the molecule is CCCCCCC1COOO1. The average molecular weight is 160 g/mol. The third-order valence-corrected chi connectivity index (χ3v) is 1.86. The van der Waals surface area contributed by atoms with Gasteiger partial charge in [0.1, 0.15) is 12.7 Å². The maximum absolute atomic E-state index is 4.81. The molecule has 0 aromatic carbocycles. The molecule has 0 aliphatic carbocycles. The van der Waals surface area contributed by atoms with Crippen molar-refractivity contribution in [3.8, 4) is 0 Å². The summed E-state index contributed by atoms with van der Waals surface area (Å²) in [5.74, 6) is 0. The summed E-state index contributed by atoms with van der Waals surface area (Å²) in [6.45, 7) is 2.80. The van der Waals surface area contributed by atoms with E-state index in [1.54, 1.807) is 0 Å². The van der Waals surface area contributed by atoms with Crippen molar-refractivity contribution in [2.45, 2.75) is 45.1 Å². The first-order chi connectivity index (χ1) is 5.43. The van der Waals surface area contributed by atoms with Crippen LogP contribution in [0.3, 0.4) is 0 Å². The Kier molecular flexibility index (Phi) is 4.50. The lowest BCUT2D eigenvalue weighted by Gasteiger charge is -2.02. The smallest absolute Gasteiger partial charge is 0.123 e. The molecule has 0 N–H and O–H groups in total. The summed E-state index contributed by atoms with van der Waals surface area (Å²) in [5, 5.41) is 4.31. The minimum Gasteiger partial charge on any atom is -0.203 e. The minimum absolute atomic E-state index is 0.173. The Morgan fingerprint density at radius 3 is 2.82 bits per heavy atom. The Bertz CT molecular complexity index is 89.3. The molecule has 0 radical (unpaired) electrons. The largest absolute Gasteiger partial charge is 0.203 e. The van der Waals surface area contributed by atoms with Crippen molar-refractivity contribution in [2.75, 3.05) is 6.61 Å². The first kappa shape index (κ1) is 8.97. The fourth-order valence-electron chi connectivity index (χ4n) is 1.15. The topological polar surface area (TPSA) is 27.7 Å². The predicted molar refractivity (Wildman–Crippen MR) is 40.7 cm³/mol. The van der Waals surface area contributed by atoms with Gasteiger partial charge in [-0.1, -0.05) is 37.6 Å². The molecule has 1 rings (SSSR count). The van der Waals surface area contributed by atoms with Gasteiger partial charge in [0.25, 0.3) is 0 Å². The lowest BCUT2D eigenvalue weighted by atomic mass is 10.1. The van der Waals surface area contributed by atoms with E-state index in [1.807, 2.05) is 0 Å². The van der Waals surface area contributed by atoms with Crippen LogP contribution in [0.2, 0.25) is 0 Å². The molecule has 0 saturated carbocycles. The highest BCUT2D eigenvalue weighted by Gasteiger charge is 2.17. The van der Waals surface area contributed by atoms with Gasteiger partial charge in [0.2, 0.25) is 0 Å². The third kappa shape index (κ3) is 3.70. The molecule has 0 spiro atoms. The number of hydrogen-bond acceptors (Lipinski definition) is 3.